The van der Waals surface area contributed by atoms with Crippen molar-refractivity contribution in [2.45, 2.75) is 44.4 Å². The monoisotopic (exact) mass is 372 g/mol. The molecule has 6 heteroatoms. The first-order valence-corrected chi connectivity index (χ1v) is 10.3. The van der Waals surface area contributed by atoms with Crippen LogP contribution in [0.1, 0.15) is 35.1 Å². The molecule has 0 atom stereocenters. The molecule has 0 fully saturated rings. The van der Waals surface area contributed by atoms with Crippen LogP contribution in [-0.2, 0) is 27.7 Å². The second-order valence-corrected chi connectivity index (χ2v) is 8.65. The lowest BCUT2D eigenvalue weighted by molar-refractivity contribution is -0.115. The molecule has 0 saturated carbocycles. The number of fused-ring (bicyclic) bond motifs is 1. The molecule has 2 N–H and O–H groups in total. The van der Waals surface area contributed by atoms with Crippen LogP contribution in [0.4, 0.5) is 5.69 Å². The summed E-state index contributed by atoms with van der Waals surface area (Å²) >= 11 is 0. The highest BCUT2D eigenvalue weighted by Crippen LogP contribution is 2.24. The number of anilines is 1. The first-order chi connectivity index (χ1) is 12.3. The fraction of sp³-hybridized carbons (Fsp3) is 0.350. The van der Waals surface area contributed by atoms with Crippen molar-refractivity contribution in [2.24, 2.45) is 0 Å². The van der Waals surface area contributed by atoms with E-state index in [4.69, 9.17) is 0 Å². The number of amides is 1. The minimum absolute atomic E-state index is 0.220. The van der Waals surface area contributed by atoms with Gasteiger partial charge in [0.2, 0.25) is 15.9 Å². The molecule has 5 nitrogen and oxygen atoms in total. The van der Waals surface area contributed by atoms with Crippen LogP contribution in [0.25, 0.3) is 0 Å². The topological polar surface area (TPSA) is 75.3 Å². The van der Waals surface area contributed by atoms with Crippen molar-refractivity contribution in [1.29, 1.82) is 0 Å². The van der Waals surface area contributed by atoms with Gasteiger partial charge in [0, 0.05) is 5.69 Å². The number of rotatable bonds is 5. The van der Waals surface area contributed by atoms with Gasteiger partial charge in [0.25, 0.3) is 0 Å². The van der Waals surface area contributed by atoms with E-state index in [1.54, 1.807) is 12.1 Å². The highest BCUT2D eigenvalue weighted by molar-refractivity contribution is 7.89. The van der Waals surface area contributed by atoms with Gasteiger partial charge in [0.05, 0.1) is 11.4 Å². The maximum absolute atomic E-state index is 12.5. The van der Waals surface area contributed by atoms with E-state index in [-0.39, 0.29) is 11.4 Å². The van der Waals surface area contributed by atoms with E-state index in [2.05, 4.69) is 10.0 Å². The third-order valence-corrected chi connectivity index (χ3v) is 5.96. The number of sulfonamides is 1. The van der Waals surface area contributed by atoms with Crippen LogP contribution >= 0.6 is 0 Å². The first kappa shape index (κ1) is 18.6. The quantitative estimate of drug-likeness (QED) is 0.847. The lowest BCUT2D eigenvalue weighted by atomic mass is 9.92. The Morgan fingerprint density at radius 3 is 2.31 bits per heavy atom. The maximum atomic E-state index is 12.5. The number of benzene rings is 2. The molecule has 0 spiro atoms. The van der Waals surface area contributed by atoms with Gasteiger partial charge < -0.3 is 5.32 Å². The summed E-state index contributed by atoms with van der Waals surface area (Å²) in [6, 6.07) is 11.0. The van der Waals surface area contributed by atoms with Gasteiger partial charge in [-0.15, -0.1) is 0 Å². The van der Waals surface area contributed by atoms with E-state index >= 15 is 0 Å². The van der Waals surface area contributed by atoms with E-state index < -0.39 is 15.9 Å². The van der Waals surface area contributed by atoms with Crippen molar-refractivity contribution >= 4 is 21.6 Å². The van der Waals surface area contributed by atoms with Crippen LogP contribution in [0, 0.1) is 13.8 Å². The van der Waals surface area contributed by atoms with E-state index in [0.717, 1.165) is 42.4 Å². The van der Waals surface area contributed by atoms with E-state index in [1.807, 2.05) is 38.1 Å². The smallest absolute Gasteiger partial charge is 0.241 e. The third-order valence-electron chi connectivity index (χ3n) is 4.56. The molecule has 1 aliphatic rings. The number of hydrogen-bond acceptors (Lipinski definition) is 3. The summed E-state index contributed by atoms with van der Waals surface area (Å²) in [6.45, 7) is 3.59. The van der Waals surface area contributed by atoms with Crippen molar-refractivity contribution < 1.29 is 13.2 Å². The SMILES string of the molecule is Cc1cc(C)cc(NC(=O)CNS(=O)(=O)c2ccc3c(c2)CCCC3)c1. The molecule has 0 heterocycles. The Morgan fingerprint density at radius 2 is 1.62 bits per heavy atom. The average Bonchev–Trinajstić information content (AvgIpc) is 2.59. The maximum Gasteiger partial charge on any atom is 0.241 e. The van der Waals surface area contributed by atoms with Gasteiger partial charge in [-0.3, -0.25) is 4.79 Å². The molecule has 138 valence electrons. The van der Waals surface area contributed by atoms with Crippen LogP contribution in [0.2, 0.25) is 0 Å². The zero-order valence-electron chi connectivity index (χ0n) is 15.1. The normalized spacial score (nSPS) is 13.9. The number of carbonyl (C=O) groups is 1. The van der Waals surface area contributed by atoms with Crippen LogP contribution in [0.5, 0.6) is 0 Å². The van der Waals surface area contributed by atoms with Crippen LogP contribution < -0.4 is 10.0 Å². The number of aryl methyl sites for hydroxylation is 4. The fourth-order valence-corrected chi connectivity index (χ4v) is 4.41. The molecule has 0 saturated heterocycles. The van der Waals surface area contributed by atoms with E-state index in [9.17, 15) is 13.2 Å². The summed E-state index contributed by atoms with van der Waals surface area (Å²) in [6.07, 6.45) is 4.14. The lowest BCUT2D eigenvalue weighted by Crippen LogP contribution is -2.33. The zero-order chi connectivity index (χ0) is 18.7. The molecule has 1 aliphatic carbocycles. The molecule has 26 heavy (non-hydrogen) atoms. The van der Waals surface area contributed by atoms with Gasteiger partial charge >= 0.3 is 0 Å². The van der Waals surface area contributed by atoms with Crippen LogP contribution in [0.15, 0.2) is 41.3 Å². The Morgan fingerprint density at radius 1 is 0.962 bits per heavy atom. The predicted molar refractivity (Wildman–Crippen MR) is 103 cm³/mol. The molecule has 0 bridgehead atoms. The summed E-state index contributed by atoms with van der Waals surface area (Å²) in [7, 11) is -3.71. The van der Waals surface area contributed by atoms with Gasteiger partial charge in [-0.2, -0.15) is 0 Å². The van der Waals surface area contributed by atoms with Crippen molar-refractivity contribution in [3.63, 3.8) is 0 Å². The lowest BCUT2D eigenvalue weighted by Gasteiger charge is -2.16. The molecule has 0 aromatic heterocycles. The number of nitrogens with one attached hydrogen (secondary N) is 2. The summed E-state index contributed by atoms with van der Waals surface area (Å²) in [5.41, 5.74) is 5.06. The Bertz CT molecular complexity index is 916. The minimum Gasteiger partial charge on any atom is -0.325 e. The first-order valence-electron chi connectivity index (χ1n) is 8.83. The Kier molecular flexibility index (Phi) is 5.44. The number of hydrogen-bond donors (Lipinski definition) is 2. The van der Waals surface area contributed by atoms with Gasteiger partial charge in [-0.25, -0.2) is 13.1 Å². The second kappa shape index (κ2) is 7.60. The Hall–Kier alpha value is -2.18. The Balaban J connectivity index is 1.65. The van der Waals surface area contributed by atoms with Crippen molar-refractivity contribution in [3.8, 4) is 0 Å². The molecule has 0 radical (unpaired) electrons. The molecule has 0 aliphatic heterocycles. The zero-order valence-corrected chi connectivity index (χ0v) is 15.9. The van der Waals surface area contributed by atoms with Crippen molar-refractivity contribution in [1.82, 2.24) is 4.72 Å². The molecule has 1 amide bonds. The summed E-state index contributed by atoms with van der Waals surface area (Å²) in [4.78, 5) is 12.3. The highest BCUT2D eigenvalue weighted by Gasteiger charge is 2.18. The van der Waals surface area contributed by atoms with Gasteiger partial charge in [-0.05, 0) is 86.1 Å². The summed E-state index contributed by atoms with van der Waals surface area (Å²) in [5, 5.41) is 2.73. The fourth-order valence-electron chi connectivity index (χ4n) is 3.37. The Labute approximate surface area is 154 Å². The molecule has 2 aromatic rings. The van der Waals surface area contributed by atoms with Crippen molar-refractivity contribution in [2.75, 3.05) is 11.9 Å². The molecule has 2 aromatic carbocycles. The molecular weight excluding hydrogens is 348 g/mol. The predicted octanol–water partition coefficient (Wildman–Crippen LogP) is 3.10. The average molecular weight is 372 g/mol. The summed E-state index contributed by atoms with van der Waals surface area (Å²) < 4.78 is 27.4. The third kappa shape index (κ3) is 4.51. The molecular formula is C20H24N2O3S. The standard InChI is InChI=1S/C20H24N2O3S/c1-14-9-15(2)11-18(10-14)22-20(23)13-21-26(24,25)19-8-7-16-5-3-4-6-17(16)12-19/h7-12,21H,3-6,13H2,1-2H3,(H,22,23). The van der Waals surface area contributed by atoms with E-state index in [0.29, 0.717) is 5.69 Å². The van der Waals surface area contributed by atoms with Crippen LogP contribution in [-0.4, -0.2) is 20.9 Å². The summed E-state index contributed by atoms with van der Waals surface area (Å²) in [5.74, 6) is -0.392. The minimum atomic E-state index is -3.71. The second-order valence-electron chi connectivity index (χ2n) is 6.89. The largest absolute Gasteiger partial charge is 0.325 e. The van der Waals surface area contributed by atoms with Crippen LogP contribution in [0.3, 0.4) is 0 Å². The van der Waals surface area contributed by atoms with Gasteiger partial charge in [0.15, 0.2) is 0 Å². The number of carbonyl (C=O) groups excluding carboxylic acids is 1. The molecule has 0 unspecified atom stereocenters. The van der Waals surface area contributed by atoms with Gasteiger partial charge in [0.1, 0.15) is 0 Å². The van der Waals surface area contributed by atoms with E-state index in [1.165, 1.54) is 5.56 Å². The van der Waals surface area contributed by atoms with Crippen molar-refractivity contribution in [3.05, 3.63) is 58.7 Å². The highest BCUT2D eigenvalue weighted by atomic mass is 32.2. The molecule has 3 rings (SSSR count). The van der Waals surface area contributed by atoms with Gasteiger partial charge in [-0.1, -0.05) is 12.1 Å².